The molecule has 0 bridgehead atoms. The third kappa shape index (κ3) is 2.74. The molecule has 0 spiro atoms. The molecule has 2 rings (SSSR count). The molecule has 0 saturated heterocycles. The van der Waals surface area contributed by atoms with Crippen LogP contribution < -0.4 is 10.6 Å². The molecule has 2 N–H and O–H groups in total. The largest absolute Gasteiger partial charge is 0.465 e. The highest BCUT2D eigenvalue weighted by molar-refractivity contribution is 5.48. The molecule has 1 aromatic carbocycles. The summed E-state index contributed by atoms with van der Waals surface area (Å²) in [7, 11) is 2.09. The van der Waals surface area contributed by atoms with Crippen LogP contribution in [0.15, 0.2) is 34.7 Å². The van der Waals surface area contributed by atoms with Crippen molar-refractivity contribution in [2.75, 3.05) is 11.9 Å². The van der Waals surface area contributed by atoms with E-state index < -0.39 is 0 Å². The summed E-state index contributed by atoms with van der Waals surface area (Å²) in [5.74, 6) is 1.80. The summed E-state index contributed by atoms with van der Waals surface area (Å²) < 4.78 is 5.57. The summed E-state index contributed by atoms with van der Waals surface area (Å²) in [5.41, 5.74) is 9.26. The lowest BCUT2D eigenvalue weighted by atomic mass is 10.2. The fraction of sp³-hybridized carbons (Fsp3) is 0.333. The van der Waals surface area contributed by atoms with Crippen LogP contribution in [0.5, 0.6) is 0 Å². The van der Waals surface area contributed by atoms with E-state index in [1.165, 1.54) is 16.8 Å². The van der Waals surface area contributed by atoms with Crippen LogP contribution in [-0.4, -0.2) is 7.05 Å². The minimum absolute atomic E-state index is 0.453. The highest BCUT2D eigenvalue weighted by atomic mass is 16.3. The maximum Gasteiger partial charge on any atom is 0.118 e. The second kappa shape index (κ2) is 5.27. The van der Waals surface area contributed by atoms with Crippen LogP contribution in [0.2, 0.25) is 0 Å². The average molecular weight is 244 g/mol. The van der Waals surface area contributed by atoms with Crippen molar-refractivity contribution in [3.8, 4) is 0 Å². The smallest absolute Gasteiger partial charge is 0.118 e. The number of aryl methyl sites for hydroxylation is 2. The number of nitrogens with two attached hydrogens (primary N) is 1. The van der Waals surface area contributed by atoms with Crippen LogP contribution in [0.4, 0.5) is 5.69 Å². The van der Waals surface area contributed by atoms with Gasteiger partial charge in [-0.3, -0.25) is 0 Å². The molecule has 0 radical (unpaired) electrons. The first-order chi connectivity index (χ1) is 8.60. The van der Waals surface area contributed by atoms with Gasteiger partial charge in [-0.2, -0.15) is 0 Å². The maximum atomic E-state index is 5.59. The molecular weight excluding hydrogens is 224 g/mol. The summed E-state index contributed by atoms with van der Waals surface area (Å²) in [5, 5.41) is 0. The second-order valence-corrected chi connectivity index (χ2v) is 4.69. The van der Waals surface area contributed by atoms with Gasteiger partial charge in [0.1, 0.15) is 11.5 Å². The Morgan fingerprint density at radius 3 is 2.61 bits per heavy atom. The lowest BCUT2D eigenvalue weighted by molar-refractivity contribution is 0.482. The van der Waals surface area contributed by atoms with Gasteiger partial charge in [0.25, 0.3) is 0 Å². The first kappa shape index (κ1) is 12.7. The SMILES string of the molecule is Cc1cccc(N(C)Cc2cc(CN)oc2C)c1. The predicted octanol–water partition coefficient (Wildman–Crippen LogP) is 2.99. The van der Waals surface area contributed by atoms with E-state index in [0.29, 0.717) is 6.54 Å². The van der Waals surface area contributed by atoms with Gasteiger partial charge in [0.15, 0.2) is 0 Å². The quantitative estimate of drug-likeness (QED) is 0.899. The molecule has 0 aliphatic heterocycles. The highest BCUT2D eigenvalue weighted by Gasteiger charge is 2.09. The number of anilines is 1. The van der Waals surface area contributed by atoms with Gasteiger partial charge in [0.2, 0.25) is 0 Å². The Morgan fingerprint density at radius 1 is 1.22 bits per heavy atom. The summed E-state index contributed by atoms with van der Waals surface area (Å²) >= 11 is 0. The molecular formula is C15H20N2O. The van der Waals surface area contributed by atoms with Crippen LogP contribution >= 0.6 is 0 Å². The zero-order valence-corrected chi connectivity index (χ0v) is 11.2. The number of rotatable bonds is 4. The molecule has 0 atom stereocenters. The van der Waals surface area contributed by atoms with Gasteiger partial charge in [-0.25, -0.2) is 0 Å². The van der Waals surface area contributed by atoms with Gasteiger partial charge in [-0.05, 0) is 37.6 Å². The molecule has 18 heavy (non-hydrogen) atoms. The predicted molar refractivity (Wildman–Crippen MR) is 74.6 cm³/mol. The third-order valence-electron chi connectivity index (χ3n) is 3.12. The van der Waals surface area contributed by atoms with Gasteiger partial charge in [0, 0.05) is 24.8 Å². The summed E-state index contributed by atoms with van der Waals surface area (Å²) in [6, 6.07) is 10.5. The Hall–Kier alpha value is -1.74. The summed E-state index contributed by atoms with van der Waals surface area (Å²) in [6.07, 6.45) is 0. The van der Waals surface area contributed by atoms with E-state index in [0.717, 1.165) is 18.1 Å². The molecule has 3 heteroatoms. The van der Waals surface area contributed by atoms with Crippen LogP contribution in [0.1, 0.15) is 22.6 Å². The lowest BCUT2D eigenvalue weighted by Crippen LogP contribution is -2.16. The Bertz CT molecular complexity index is 531. The number of benzene rings is 1. The Morgan fingerprint density at radius 2 is 2.00 bits per heavy atom. The van der Waals surface area contributed by atoms with Crippen molar-refractivity contribution in [2.45, 2.75) is 26.9 Å². The van der Waals surface area contributed by atoms with Crippen LogP contribution in [-0.2, 0) is 13.1 Å². The standard InChI is InChI=1S/C15H20N2O/c1-11-5-4-6-14(7-11)17(3)10-13-8-15(9-16)18-12(13)2/h4-8H,9-10,16H2,1-3H3. The van der Waals surface area contributed by atoms with Gasteiger partial charge in [-0.1, -0.05) is 12.1 Å². The minimum atomic E-state index is 0.453. The summed E-state index contributed by atoms with van der Waals surface area (Å²) in [4.78, 5) is 2.21. The molecule has 0 aliphatic carbocycles. The van der Waals surface area contributed by atoms with E-state index in [-0.39, 0.29) is 0 Å². The number of hydrogen-bond acceptors (Lipinski definition) is 3. The van der Waals surface area contributed by atoms with Crippen LogP contribution in [0.3, 0.4) is 0 Å². The molecule has 3 nitrogen and oxygen atoms in total. The fourth-order valence-corrected chi connectivity index (χ4v) is 2.06. The molecule has 0 amide bonds. The number of nitrogens with zero attached hydrogens (tertiary/aromatic N) is 1. The average Bonchev–Trinajstić information content (AvgIpc) is 2.70. The Kier molecular flexibility index (Phi) is 3.72. The molecule has 0 unspecified atom stereocenters. The monoisotopic (exact) mass is 244 g/mol. The molecule has 2 aromatic rings. The van der Waals surface area contributed by atoms with Crippen LogP contribution in [0, 0.1) is 13.8 Å². The van der Waals surface area contributed by atoms with Crippen molar-refractivity contribution in [3.63, 3.8) is 0 Å². The lowest BCUT2D eigenvalue weighted by Gasteiger charge is -2.19. The molecule has 0 aliphatic rings. The Balaban J connectivity index is 2.15. The van der Waals surface area contributed by atoms with Gasteiger partial charge >= 0.3 is 0 Å². The maximum absolute atomic E-state index is 5.59. The zero-order valence-electron chi connectivity index (χ0n) is 11.2. The van der Waals surface area contributed by atoms with E-state index >= 15 is 0 Å². The van der Waals surface area contributed by atoms with E-state index in [9.17, 15) is 0 Å². The van der Waals surface area contributed by atoms with E-state index in [1.807, 2.05) is 13.0 Å². The van der Waals surface area contributed by atoms with Crippen molar-refractivity contribution < 1.29 is 4.42 Å². The van der Waals surface area contributed by atoms with Crippen molar-refractivity contribution in [1.82, 2.24) is 0 Å². The topological polar surface area (TPSA) is 42.4 Å². The van der Waals surface area contributed by atoms with Crippen LogP contribution in [0.25, 0.3) is 0 Å². The van der Waals surface area contributed by atoms with Crippen molar-refractivity contribution in [1.29, 1.82) is 0 Å². The third-order valence-corrected chi connectivity index (χ3v) is 3.12. The van der Waals surface area contributed by atoms with E-state index in [4.69, 9.17) is 10.2 Å². The fourth-order valence-electron chi connectivity index (χ4n) is 2.06. The Labute approximate surface area is 108 Å². The van der Waals surface area contributed by atoms with E-state index in [2.05, 4.69) is 43.1 Å². The first-order valence-corrected chi connectivity index (χ1v) is 6.16. The second-order valence-electron chi connectivity index (χ2n) is 4.69. The minimum Gasteiger partial charge on any atom is -0.465 e. The number of hydrogen-bond donors (Lipinski definition) is 1. The first-order valence-electron chi connectivity index (χ1n) is 6.16. The van der Waals surface area contributed by atoms with Gasteiger partial charge in [0.05, 0.1) is 6.54 Å². The van der Waals surface area contributed by atoms with E-state index in [1.54, 1.807) is 0 Å². The van der Waals surface area contributed by atoms with Gasteiger partial charge in [-0.15, -0.1) is 0 Å². The van der Waals surface area contributed by atoms with Crippen molar-refractivity contribution in [3.05, 3.63) is 53.0 Å². The molecule has 1 aromatic heterocycles. The van der Waals surface area contributed by atoms with Crippen molar-refractivity contribution in [2.24, 2.45) is 5.73 Å². The molecule has 96 valence electrons. The molecule has 0 fully saturated rings. The highest BCUT2D eigenvalue weighted by Crippen LogP contribution is 2.20. The van der Waals surface area contributed by atoms with Gasteiger partial charge < -0.3 is 15.1 Å². The molecule has 0 saturated carbocycles. The summed E-state index contributed by atoms with van der Waals surface area (Å²) in [6.45, 7) is 5.37. The zero-order chi connectivity index (χ0) is 13.1. The number of furan rings is 1. The molecule has 1 heterocycles. The normalized spacial score (nSPS) is 10.7. The van der Waals surface area contributed by atoms with Crippen molar-refractivity contribution >= 4 is 5.69 Å².